The van der Waals surface area contributed by atoms with E-state index in [-0.39, 0.29) is 11.8 Å². The summed E-state index contributed by atoms with van der Waals surface area (Å²) in [6, 6.07) is 14.8. The lowest BCUT2D eigenvalue weighted by atomic mass is 10.1. The van der Waals surface area contributed by atoms with E-state index < -0.39 is 0 Å². The minimum Gasteiger partial charge on any atom is -0.497 e. The molecule has 0 aliphatic heterocycles. The van der Waals surface area contributed by atoms with Crippen molar-refractivity contribution < 1.29 is 18.7 Å². The van der Waals surface area contributed by atoms with E-state index in [4.69, 9.17) is 14.1 Å². The summed E-state index contributed by atoms with van der Waals surface area (Å²) in [5.41, 5.74) is 3.16. The molecule has 0 atom stereocenters. The van der Waals surface area contributed by atoms with Crippen LogP contribution >= 0.6 is 0 Å². The molecule has 8 nitrogen and oxygen atoms in total. The minimum absolute atomic E-state index is 0.221. The number of aromatic nitrogens is 2. The Hall–Kier alpha value is -4.07. The summed E-state index contributed by atoms with van der Waals surface area (Å²) in [5.74, 6) is 1.77. The molecule has 2 amide bonds. The number of benzene rings is 2. The highest BCUT2D eigenvalue weighted by Gasteiger charge is 2.20. The van der Waals surface area contributed by atoms with Gasteiger partial charge in [-0.25, -0.2) is 4.98 Å². The van der Waals surface area contributed by atoms with Gasteiger partial charge in [0.05, 0.1) is 30.0 Å². The van der Waals surface area contributed by atoms with E-state index in [0.29, 0.717) is 41.8 Å². The Morgan fingerprint density at radius 3 is 2.70 bits per heavy atom. The van der Waals surface area contributed by atoms with E-state index >= 15 is 0 Å². The molecule has 4 aromatic rings. The number of nitrogens with zero attached hydrogens (tertiary/aromatic N) is 2. The normalized spacial score (nSPS) is 10.9. The van der Waals surface area contributed by atoms with Crippen LogP contribution < -0.4 is 15.4 Å². The van der Waals surface area contributed by atoms with Crippen LogP contribution in [0.5, 0.6) is 5.75 Å². The summed E-state index contributed by atoms with van der Waals surface area (Å²) in [6.45, 7) is 4.46. The van der Waals surface area contributed by atoms with E-state index in [2.05, 4.69) is 10.6 Å². The molecule has 0 aliphatic rings. The first-order valence-electron chi connectivity index (χ1n) is 10.8. The second-order valence-electron chi connectivity index (χ2n) is 7.57. The number of ether oxygens (including phenoxy) is 1. The van der Waals surface area contributed by atoms with Crippen LogP contribution in [0.3, 0.4) is 0 Å². The Labute approximate surface area is 191 Å². The van der Waals surface area contributed by atoms with Crippen molar-refractivity contribution in [2.45, 2.75) is 26.8 Å². The molecule has 0 aliphatic carbocycles. The maximum Gasteiger partial charge on any atom is 0.253 e. The van der Waals surface area contributed by atoms with Gasteiger partial charge in [-0.3, -0.25) is 9.59 Å². The molecule has 0 saturated carbocycles. The molecule has 2 aromatic heterocycles. The average molecular weight is 447 g/mol. The molecule has 0 unspecified atom stereocenters. The summed E-state index contributed by atoms with van der Waals surface area (Å²) in [7, 11) is 1.62. The van der Waals surface area contributed by atoms with Gasteiger partial charge in [-0.2, -0.15) is 0 Å². The average Bonchev–Trinajstić information content (AvgIpc) is 3.45. The summed E-state index contributed by atoms with van der Waals surface area (Å²) < 4.78 is 12.7. The second-order valence-corrected chi connectivity index (χ2v) is 7.57. The van der Waals surface area contributed by atoms with Crippen molar-refractivity contribution in [1.82, 2.24) is 14.9 Å². The van der Waals surface area contributed by atoms with Gasteiger partial charge in [-0.1, -0.05) is 12.1 Å². The van der Waals surface area contributed by atoms with Crippen molar-refractivity contribution in [1.29, 1.82) is 0 Å². The molecular weight excluding hydrogens is 420 g/mol. The van der Waals surface area contributed by atoms with Crippen LogP contribution in [0.4, 0.5) is 5.69 Å². The Balaban J connectivity index is 1.78. The van der Waals surface area contributed by atoms with Crippen LogP contribution in [-0.4, -0.2) is 35.0 Å². The first-order valence-corrected chi connectivity index (χ1v) is 10.8. The van der Waals surface area contributed by atoms with Gasteiger partial charge in [0.2, 0.25) is 5.91 Å². The number of hydrogen-bond acceptors (Lipinski definition) is 5. The quantitative estimate of drug-likeness (QED) is 0.422. The predicted molar refractivity (Wildman–Crippen MR) is 126 cm³/mol. The number of nitrogens with one attached hydrogen (secondary N) is 2. The third kappa shape index (κ3) is 4.74. The number of amides is 2. The molecule has 2 N–H and O–H groups in total. The smallest absolute Gasteiger partial charge is 0.253 e. The molecule has 0 bridgehead atoms. The third-order valence-corrected chi connectivity index (χ3v) is 5.29. The molecule has 0 saturated heterocycles. The maximum atomic E-state index is 13.2. The van der Waals surface area contributed by atoms with Gasteiger partial charge < -0.3 is 24.4 Å². The number of furan rings is 1. The zero-order valence-electron chi connectivity index (χ0n) is 18.8. The fraction of sp³-hybridized carbons (Fsp3) is 0.240. The number of carbonyl (C=O) groups excluding carboxylic acids is 2. The highest BCUT2D eigenvalue weighted by atomic mass is 16.5. The Kier molecular flexibility index (Phi) is 6.44. The molecular formula is C25H26N4O4. The molecule has 33 heavy (non-hydrogen) atoms. The minimum atomic E-state index is -0.245. The van der Waals surface area contributed by atoms with Crippen molar-refractivity contribution in [3.8, 4) is 17.1 Å². The lowest BCUT2D eigenvalue weighted by molar-refractivity contribution is -0.114. The number of imidazole rings is 1. The van der Waals surface area contributed by atoms with Gasteiger partial charge in [-0.15, -0.1) is 0 Å². The number of rotatable bonds is 8. The highest BCUT2D eigenvalue weighted by Crippen LogP contribution is 2.31. The summed E-state index contributed by atoms with van der Waals surface area (Å²) in [6.07, 6.45) is 2.19. The van der Waals surface area contributed by atoms with Crippen LogP contribution in [0.2, 0.25) is 0 Å². The van der Waals surface area contributed by atoms with Gasteiger partial charge in [0.25, 0.3) is 5.91 Å². The van der Waals surface area contributed by atoms with Crippen molar-refractivity contribution in [2.75, 3.05) is 19.0 Å². The van der Waals surface area contributed by atoms with Gasteiger partial charge in [0, 0.05) is 37.7 Å². The number of aryl methyl sites for hydroxylation is 1. The molecule has 170 valence electrons. The van der Waals surface area contributed by atoms with Crippen molar-refractivity contribution in [2.24, 2.45) is 0 Å². The van der Waals surface area contributed by atoms with Crippen LogP contribution in [0, 0.1) is 0 Å². The van der Waals surface area contributed by atoms with E-state index in [1.807, 2.05) is 47.9 Å². The number of fused-ring (bicyclic) bond motifs is 1. The van der Waals surface area contributed by atoms with Gasteiger partial charge in [-0.05, 0) is 43.3 Å². The largest absolute Gasteiger partial charge is 0.497 e. The number of carbonyl (C=O) groups is 2. The second kappa shape index (κ2) is 9.60. The number of methoxy groups -OCH3 is 1. The summed E-state index contributed by atoms with van der Waals surface area (Å²) >= 11 is 0. The summed E-state index contributed by atoms with van der Waals surface area (Å²) in [5, 5.41) is 5.73. The van der Waals surface area contributed by atoms with Crippen molar-refractivity contribution in [3.05, 3.63) is 66.1 Å². The number of hydrogen-bond donors (Lipinski definition) is 2. The third-order valence-electron chi connectivity index (χ3n) is 5.29. The summed E-state index contributed by atoms with van der Waals surface area (Å²) in [4.78, 5) is 29.7. The standard InChI is InChI=1S/C25H26N4O4/c1-4-29-23-21(25(31)26-11-10-19-9-6-12-33-19)14-18(27-16(2)30)15-22(23)28-24(29)17-7-5-8-20(13-17)32-3/h5-9,12-15H,4,10-11H2,1-3H3,(H,26,31)(H,27,30). The Morgan fingerprint density at radius 1 is 1.15 bits per heavy atom. The van der Waals surface area contributed by atoms with Crippen LogP contribution in [-0.2, 0) is 17.8 Å². The molecule has 2 heterocycles. The molecule has 8 heteroatoms. The predicted octanol–water partition coefficient (Wildman–Crippen LogP) is 4.26. The van der Waals surface area contributed by atoms with Crippen LogP contribution in [0.15, 0.2) is 59.2 Å². The van der Waals surface area contributed by atoms with Gasteiger partial charge >= 0.3 is 0 Å². The lowest BCUT2D eigenvalue weighted by Gasteiger charge is -2.12. The fourth-order valence-electron chi connectivity index (χ4n) is 3.86. The molecule has 0 radical (unpaired) electrons. The highest BCUT2D eigenvalue weighted by molar-refractivity contribution is 6.08. The Morgan fingerprint density at radius 2 is 2.00 bits per heavy atom. The topological polar surface area (TPSA) is 98.4 Å². The Bertz CT molecular complexity index is 1290. The van der Waals surface area contributed by atoms with Gasteiger partial charge in [0.1, 0.15) is 17.3 Å². The molecule has 2 aromatic carbocycles. The van der Waals surface area contributed by atoms with Crippen LogP contribution in [0.25, 0.3) is 22.4 Å². The first kappa shape index (κ1) is 22.1. The van der Waals surface area contributed by atoms with Crippen molar-refractivity contribution in [3.63, 3.8) is 0 Å². The van der Waals surface area contributed by atoms with Gasteiger partial charge in [0.15, 0.2) is 0 Å². The maximum absolute atomic E-state index is 13.2. The molecule has 4 rings (SSSR count). The zero-order valence-corrected chi connectivity index (χ0v) is 18.8. The van der Waals surface area contributed by atoms with E-state index in [0.717, 1.165) is 22.9 Å². The fourth-order valence-corrected chi connectivity index (χ4v) is 3.86. The van der Waals surface area contributed by atoms with Crippen LogP contribution in [0.1, 0.15) is 30.0 Å². The van der Waals surface area contributed by atoms with Crippen molar-refractivity contribution >= 4 is 28.5 Å². The monoisotopic (exact) mass is 446 g/mol. The zero-order chi connectivity index (χ0) is 23.4. The SMILES string of the molecule is CCn1c(-c2cccc(OC)c2)nc2cc(NC(C)=O)cc(C(=O)NCCc3ccco3)c21. The van der Waals surface area contributed by atoms with E-state index in [9.17, 15) is 9.59 Å². The first-order chi connectivity index (χ1) is 16.0. The lowest BCUT2D eigenvalue weighted by Crippen LogP contribution is -2.26. The molecule has 0 fully saturated rings. The number of anilines is 1. The van der Waals surface area contributed by atoms with E-state index in [1.165, 1.54) is 6.92 Å². The van der Waals surface area contributed by atoms with E-state index in [1.54, 1.807) is 25.5 Å². The molecule has 0 spiro atoms.